The number of anilines is 2. The Labute approximate surface area is 236 Å². The third-order valence-corrected chi connectivity index (χ3v) is 8.99. The van der Waals surface area contributed by atoms with Crippen molar-refractivity contribution in [3.8, 4) is 5.75 Å². The van der Waals surface area contributed by atoms with E-state index in [4.69, 9.17) is 27.9 Å². The third-order valence-electron chi connectivity index (χ3n) is 5.51. The molecule has 38 heavy (non-hydrogen) atoms. The number of nitrogens with one attached hydrogen (secondary N) is 1. The second-order valence-corrected chi connectivity index (χ2v) is 11.8. The molecule has 0 saturated carbocycles. The maximum absolute atomic E-state index is 13.6. The highest BCUT2D eigenvalue weighted by atomic mass is 35.5. The van der Waals surface area contributed by atoms with Crippen molar-refractivity contribution in [2.24, 2.45) is 0 Å². The van der Waals surface area contributed by atoms with Gasteiger partial charge in [0.1, 0.15) is 12.3 Å². The minimum Gasteiger partial charge on any atom is -0.495 e. The zero-order valence-electron chi connectivity index (χ0n) is 20.3. The highest BCUT2D eigenvalue weighted by Crippen LogP contribution is 2.33. The summed E-state index contributed by atoms with van der Waals surface area (Å²) >= 11 is 13.8. The molecule has 1 N–H and O–H groups in total. The number of methoxy groups -OCH3 is 1. The Kier molecular flexibility index (Phi) is 9.22. The molecule has 0 saturated heterocycles. The summed E-state index contributed by atoms with van der Waals surface area (Å²) in [6, 6.07) is 27.4. The Bertz CT molecular complexity index is 1520. The summed E-state index contributed by atoms with van der Waals surface area (Å²) in [7, 11) is -2.61. The van der Waals surface area contributed by atoms with Crippen molar-refractivity contribution < 1.29 is 17.9 Å². The average Bonchev–Trinajstić information content (AvgIpc) is 2.92. The fraction of sp³-hybridized carbons (Fsp3) is 0.107. The first-order chi connectivity index (χ1) is 18.3. The molecule has 0 spiro atoms. The summed E-state index contributed by atoms with van der Waals surface area (Å²) in [5.41, 5.74) is 1.90. The lowest BCUT2D eigenvalue weighted by Crippen LogP contribution is -2.38. The molecule has 6 nitrogen and oxygen atoms in total. The fourth-order valence-electron chi connectivity index (χ4n) is 3.60. The molecule has 0 aliphatic carbocycles. The van der Waals surface area contributed by atoms with Crippen molar-refractivity contribution in [1.29, 1.82) is 0 Å². The van der Waals surface area contributed by atoms with Gasteiger partial charge in [-0.2, -0.15) is 0 Å². The molecule has 0 aliphatic rings. The van der Waals surface area contributed by atoms with Gasteiger partial charge in [0.05, 0.1) is 28.4 Å². The smallest absolute Gasteiger partial charge is 0.264 e. The van der Waals surface area contributed by atoms with Gasteiger partial charge in [-0.05, 0) is 60.2 Å². The SMILES string of the molecule is COc1ccc(N(CC(=O)Nc2ccccc2SCc2ccc(Cl)cc2)S(=O)(=O)c2ccccc2)cc1Cl. The molecule has 0 unspecified atom stereocenters. The minimum absolute atomic E-state index is 0.0543. The Morgan fingerprint density at radius 1 is 0.921 bits per heavy atom. The Morgan fingerprint density at radius 2 is 1.61 bits per heavy atom. The van der Waals surface area contributed by atoms with E-state index in [-0.39, 0.29) is 15.6 Å². The highest BCUT2D eigenvalue weighted by Gasteiger charge is 2.28. The van der Waals surface area contributed by atoms with E-state index in [1.807, 2.05) is 42.5 Å². The normalized spacial score (nSPS) is 11.1. The van der Waals surface area contributed by atoms with E-state index in [0.717, 1.165) is 14.8 Å². The van der Waals surface area contributed by atoms with Crippen LogP contribution in [0.25, 0.3) is 0 Å². The number of rotatable bonds is 10. The Morgan fingerprint density at radius 3 is 2.29 bits per heavy atom. The minimum atomic E-state index is -4.08. The van der Waals surface area contributed by atoms with Crippen LogP contribution in [-0.4, -0.2) is 28.0 Å². The number of benzene rings is 4. The van der Waals surface area contributed by atoms with E-state index in [2.05, 4.69) is 5.32 Å². The van der Waals surface area contributed by atoms with Crippen LogP contribution in [0.2, 0.25) is 10.0 Å². The first-order valence-corrected chi connectivity index (χ1v) is 14.6. The van der Waals surface area contributed by atoms with Crippen LogP contribution in [0.5, 0.6) is 5.75 Å². The van der Waals surface area contributed by atoms with Crippen LogP contribution in [0.1, 0.15) is 5.56 Å². The lowest BCUT2D eigenvalue weighted by Gasteiger charge is -2.25. The molecule has 0 heterocycles. The predicted octanol–water partition coefficient (Wildman–Crippen LogP) is 7.13. The predicted molar refractivity (Wildman–Crippen MR) is 155 cm³/mol. The Balaban J connectivity index is 1.58. The number of para-hydroxylation sites is 1. The van der Waals surface area contributed by atoms with Crippen molar-refractivity contribution in [2.75, 3.05) is 23.3 Å². The summed E-state index contributed by atoms with van der Waals surface area (Å²) < 4.78 is 33.4. The molecule has 0 fully saturated rings. The first kappa shape index (κ1) is 27.9. The largest absolute Gasteiger partial charge is 0.495 e. The zero-order chi connectivity index (χ0) is 27.1. The lowest BCUT2D eigenvalue weighted by molar-refractivity contribution is -0.114. The van der Waals surface area contributed by atoms with Crippen LogP contribution in [0.3, 0.4) is 0 Å². The molecule has 0 aliphatic heterocycles. The van der Waals surface area contributed by atoms with Gasteiger partial charge in [-0.1, -0.05) is 65.7 Å². The van der Waals surface area contributed by atoms with Crippen molar-refractivity contribution in [1.82, 2.24) is 0 Å². The first-order valence-electron chi connectivity index (χ1n) is 11.5. The van der Waals surface area contributed by atoms with Crippen LogP contribution in [0.4, 0.5) is 11.4 Å². The van der Waals surface area contributed by atoms with Crippen molar-refractivity contribution in [2.45, 2.75) is 15.5 Å². The molecular formula is C28H24Cl2N2O4S2. The summed E-state index contributed by atoms with van der Waals surface area (Å²) in [6.07, 6.45) is 0. The van der Waals surface area contributed by atoms with Gasteiger partial charge in [0, 0.05) is 15.7 Å². The standard InChI is InChI=1S/C28H24Cl2N2O4S2/c1-36-26-16-15-22(17-24(26)30)32(38(34,35)23-7-3-2-4-8-23)18-28(33)31-25-9-5-6-10-27(25)37-19-20-11-13-21(29)14-12-20/h2-17H,18-19H2,1H3,(H,31,33). The van der Waals surface area contributed by atoms with Crippen molar-refractivity contribution >= 4 is 62.3 Å². The number of amides is 1. The second-order valence-electron chi connectivity index (χ2n) is 8.10. The van der Waals surface area contributed by atoms with Crippen LogP contribution >= 0.6 is 35.0 Å². The number of carbonyl (C=O) groups excluding carboxylic acids is 1. The zero-order valence-corrected chi connectivity index (χ0v) is 23.4. The maximum atomic E-state index is 13.6. The average molecular weight is 588 g/mol. The number of sulfonamides is 1. The molecule has 196 valence electrons. The quantitative estimate of drug-likeness (QED) is 0.200. The van der Waals surface area contributed by atoms with Gasteiger partial charge in [0.15, 0.2) is 0 Å². The van der Waals surface area contributed by atoms with Crippen LogP contribution in [0, 0.1) is 0 Å². The van der Waals surface area contributed by atoms with Gasteiger partial charge in [-0.25, -0.2) is 8.42 Å². The molecule has 4 aromatic rings. The van der Waals surface area contributed by atoms with Gasteiger partial charge in [-0.15, -0.1) is 11.8 Å². The number of thioether (sulfide) groups is 1. The van der Waals surface area contributed by atoms with E-state index in [1.54, 1.807) is 48.2 Å². The monoisotopic (exact) mass is 586 g/mol. The van der Waals surface area contributed by atoms with E-state index in [1.165, 1.54) is 25.3 Å². The third kappa shape index (κ3) is 6.82. The molecule has 0 radical (unpaired) electrons. The number of ether oxygens (including phenoxy) is 1. The summed E-state index contributed by atoms with van der Waals surface area (Å²) in [5.74, 6) is 0.558. The van der Waals surface area contributed by atoms with Crippen molar-refractivity contribution in [3.63, 3.8) is 0 Å². The lowest BCUT2D eigenvalue weighted by atomic mass is 10.2. The summed E-state index contributed by atoms with van der Waals surface area (Å²) in [6.45, 7) is -0.462. The maximum Gasteiger partial charge on any atom is 0.264 e. The number of halogens is 2. The van der Waals surface area contributed by atoms with Crippen LogP contribution in [0.15, 0.2) is 107 Å². The number of carbonyl (C=O) groups is 1. The van der Waals surface area contributed by atoms with Gasteiger partial charge in [0.25, 0.3) is 10.0 Å². The van der Waals surface area contributed by atoms with E-state index >= 15 is 0 Å². The van der Waals surface area contributed by atoms with Crippen LogP contribution in [-0.2, 0) is 20.6 Å². The second kappa shape index (κ2) is 12.6. The summed E-state index contributed by atoms with van der Waals surface area (Å²) in [5, 5.41) is 3.76. The molecule has 10 heteroatoms. The molecule has 0 bridgehead atoms. The van der Waals surface area contributed by atoms with Crippen LogP contribution < -0.4 is 14.4 Å². The summed E-state index contributed by atoms with van der Waals surface area (Å²) in [4.78, 5) is 14.1. The number of nitrogens with zero attached hydrogens (tertiary/aromatic N) is 1. The molecule has 0 aromatic heterocycles. The number of hydrogen-bond acceptors (Lipinski definition) is 5. The van der Waals surface area contributed by atoms with Gasteiger partial charge >= 0.3 is 0 Å². The highest BCUT2D eigenvalue weighted by molar-refractivity contribution is 7.98. The fourth-order valence-corrected chi connectivity index (χ4v) is 6.38. The molecular weight excluding hydrogens is 563 g/mol. The van der Waals surface area contributed by atoms with Gasteiger partial charge < -0.3 is 10.1 Å². The molecule has 4 aromatic carbocycles. The molecule has 0 atom stereocenters. The van der Waals surface area contributed by atoms with Gasteiger partial charge in [-0.3, -0.25) is 9.10 Å². The van der Waals surface area contributed by atoms with Gasteiger partial charge in [0.2, 0.25) is 5.91 Å². The van der Waals surface area contributed by atoms with E-state index in [9.17, 15) is 13.2 Å². The van der Waals surface area contributed by atoms with Crippen molar-refractivity contribution in [3.05, 3.63) is 113 Å². The molecule has 4 rings (SSSR count). The number of hydrogen-bond donors (Lipinski definition) is 1. The van der Waals surface area contributed by atoms with E-state index in [0.29, 0.717) is 22.2 Å². The Hall–Kier alpha value is -3.17. The van der Waals surface area contributed by atoms with E-state index < -0.39 is 22.5 Å². The topological polar surface area (TPSA) is 75.7 Å². The molecule has 1 amide bonds.